The van der Waals surface area contributed by atoms with Gasteiger partial charge < -0.3 is 19.4 Å². The van der Waals surface area contributed by atoms with Gasteiger partial charge >= 0.3 is 5.97 Å². The summed E-state index contributed by atoms with van der Waals surface area (Å²) in [5, 5.41) is 23.0. The number of carbonyl (C=O) groups excluding carboxylic acids is 2. The molecule has 0 radical (unpaired) electrons. The smallest absolute Gasteiger partial charge is 0.349 e. The van der Waals surface area contributed by atoms with Crippen LogP contribution in [-0.4, -0.2) is 34.6 Å². The molecule has 0 aliphatic carbocycles. The van der Waals surface area contributed by atoms with Crippen molar-refractivity contribution in [3.8, 4) is 11.8 Å². The van der Waals surface area contributed by atoms with E-state index in [1.165, 1.54) is 32.2 Å². The first-order valence-corrected chi connectivity index (χ1v) is 11.1. The normalized spacial score (nSPS) is 12.1. The van der Waals surface area contributed by atoms with Crippen LogP contribution in [0.15, 0.2) is 29.8 Å². The Morgan fingerprint density at radius 1 is 1.26 bits per heavy atom. The Morgan fingerprint density at radius 3 is 2.51 bits per heavy atom. The number of aryl methyl sites for hydroxylation is 1. The van der Waals surface area contributed by atoms with Crippen molar-refractivity contribution in [3.05, 3.63) is 56.9 Å². The average molecular weight is 483 g/mol. The van der Waals surface area contributed by atoms with E-state index < -0.39 is 22.9 Å². The molecule has 1 unspecified atom stereocenters. The van der Waals surface area contributed by atoms with Crippen LogP contribution in [0.25, 0.3) is 6.08 Å². The fourth-order valence-corrected chi connectivity index (χ4v) is 3.42. The molecule has 1 atom stereocenters. The van der Waals surface area contributed by atoms with Crippen LogP contribution in [0.2, 0.25) is 0 Å². The maximum absolute atomic E-state index is 12.6. The molecule has 1 aromatic carbocycles. The standard InChI is InChI=1S/C25H30N4O6/c1-15(2)9-10-28-16(3)11-19(17(28)4)12-20(14-26)25(31)35-18(5)24(30)27-22-13-21(29(32)33)7-8-23(22)34-6/h7-8,11-13,15,18H,9-10H2,1-6H3,(H,27,30)/b20-12+. The number of hydrogen-bond acceptors (Lipinski definition) is 7. The quantitative estimate of drug-likeness (QED) is 0.172. The largest absolute Gasteiger partial charge is 0.495 e. The zero-order valence-corrected chi connectivity index (χ0v) is 20.7. The average Bonchev–Trinajstić information content (AvgIpc) is 3.07. The molecule has 10 nitrogen and oxygen atoms in total. The molecular weight excluding hydrogens is 452 g/mol. The fourth-order valence-electron chi connectivity index (χ4n) is 3.42. The number of esters is 1. The first-order chi connectivity index (χ1) is 16.5. The molecule has 0 aliphatic rings. The SMILES string of the molecule is COc1ccc([N+](=O)[O-])cc1NC(=O)C(C)OC(=O)/C(C#N)=C/c1cc(C)n(CCC(C)C)c1C. The van der Waals surface area contributed by atoms with E-state index >= 15 is 0 Å². The minimum Gasteiger partial charge on any atom is -0.495 e. The van der Waals surface area contributed by atoms with Crippen molar-refractivity contribution < 1.29 is 24.0 Å². The van der Waals surface area contributed by atoms with Crippen molar-refractivity contribution in [2.45, 2.75) is 53.7 Å². The molecule has 35 heavy (non-hydrogen) atoms. The Bertz CT molecular complexity index is 1190. The third-order valence-electron chi connectivity index (χ3n) is 5.49. The highest BCUT2D eigenvalue weighted by atomic mass is 16.6. The van der Waals surface area contributed by atoms with Gasteiger partial charge in [0, 0.05) is 30.1 Å². The van der Waals surface area contributed by atoms with Crippen molar-refractivity contribution in [1.29, 1.82) is 5.26 Å². The molecule has 0 aliphatic heterocycles. The number of hydrogen-bond donors (Lipinski definition) is 1. The highest BCUT2D eigenvalue weighted by Crippen LogP contribution is 2.29. The number of rotatable bonds is 10. The Balaban J connectivity index is 2.17. The van der Waals surface area contributed by atoms with Crippen LogP contribution in [0.1, 0.15) is 44.1 Å². The number of nitrogens with zero attached hydrogens (tertiary/aromatic N) is 3. The van der Waals surface area contributed by atoms with Crippen molar-refractivity contribution in [3.63, 3.8) is 0 Å². The lowest BCUT2D eigenvalue weighted by atomic mass is 10.1. The summed E-state index contributed by atoms with van der Waals surface area (Å²) in [6.45, 7) is 10.3. The number of carbonyl (C=O) groups is 2. The Labute approximate surface area is 204 Å². The lowest BCUT2D eigenvalue weighted by molar-refractivity contribution is -0.384. The van der Waals surface area contributed by atoms with E-state index in [2.05, 4.69) is 23.7 Å². The molecule has 10 heteroatoms. The van der Waals surface area contributed by atoms with Crippen LogP contribution in [0.3, 0.4) is 0 Å². The molecule has 0 bridgehead atoms. The second-order valence-electron chi connectivity index (χ2n) is 8.51. The van der Waals surface area contributed by atoms with Gasteiger partial charge in [0.1, 0.15) is 17.4 Å². The van der Waals surface area contributed by atoms with Gasteiger partial charge in [0.15, 0.2) is 6.10 Å². The number of amides is 1. The molecule has 1 aromatic heterocycles. The highest BCUT2D eigenvalue weighted by molar-refractivity contribution is 6.01. The summed E-state index contributed by atoms with van der Waals surface area (Å²) in [4.78, 5) is 35.6. The summed E-state index contributed by atoms with van der Waals surface area (Å²) in [5.74, 6) is -0.947. The predicted molar refractivity (Wildman–Crippen MR) is 131 cm³/mol. The van der Waals surface area contributed by atoms with Gasteiger partial charge in [-0.05, 0) is 56.9 Å². The third-order valence-corrected chi connectivity index (χ3v) is 5.49. The molecule has 2 rings (SSSR count). The molecule has 1 heterocycles. The number of non-ortho nitro benzene ring substituents is 1. The first kappa shape index (κ1) is 27.1. The number of ether oxygens (including phenoxy) is 2. The molecule has 0 saturated carbocycles. The number of methoxy groups -OCH3 is 1. The van der Waals surface area contributed by atoms with E-state index in [-0.39, 0.29) is 22.7 Å². The molecule has 186 valence electrons. The van der Waals surface area contributed by atoms with Gasteiger partial charge in [0.25, 0.3) is 11.6 Å². The lowest BCUT2D eigenvalue weighted by Gasteiger charge is -2.15. The molecule has 0 spiro atoms. The van der Waals surface area contributed by atoms with Crippen molar-refractivity contribution >= 4 is 29.3 Å². The van der Waals surface area contributed by atoms with Crippen LogP contribution in [-0.2, 0) is 20.9 Å². The van der Waals surface area contributed by atoms with Gasteiger partial charge in [0.2, 0.25) is 0 Å². The minimum atomic E-state index is -1.28. The fraction of sp³-hybridized carbons (Fsp3) is 0.400. The lowest BCUT2D eigenvalue weighted by Crippen LogP contribution is -2.30. The molecule has 1 N–H and O–H groups in total. The molecule has 1 amide bonds. The van der Waals surface area contributed by atoms with Gasteiger partial charge in [-0.3, -0.25) is 14.9 Å². The zero-order chi connectivity index (χ0) is 26.3. The van der Waals surface area contributed by atoms with Crippen LogP contribution in [0.4, 0.5) is 11.4 Å². The molecular formula is C25H30N4O6. The summed E-state index contributed by atoms with van der Waals surface area (Å²) in [6, 6.07) is 7.46. The van der Waals surface area contributed by atoms with E-state index in [4.69, 9.17) is 9.47 Å². The van der Waals surface area contributed by atoms with E-state index in [1.54, 1.807) is 0 Å². The second-order valence-corrected chi connectivity index (χ2v) is 8.51. The Hall–Kier alpha value is -4.13. The maximum Gasteiger partial charge on any atom is 0.349 e. The number of benzene rings is 1. The molecule has 0 saturated heterocycles. The molecule has 2 aromatic rings. The van der Waals surface area contributed by atoms with E-state index in [9.17, 15) is 25.0 Å². The van der Waals surface area contributed by atoms with Gasteiger partial charge in [-0.2, -0.15) is 5.26 Å². The summed E-state index contributed by atoms with van der Waals surface area (Å²) in [6.07, 6.45) is 1.17. The third kappa shape index (κ3) is 6.93. The summed E-state index contributed by atoms with van der Waals surface area (Å²) in [5.41, 5.74) is 2.22. The van der Waals surface area contributed by atoms with Crippen LogP contribution >= 0.6 is 0 Å². The first-order valence-electron chi connectivity index (χ1n) is 11.1. The minimum absolute atomic E-state index is 0.0551. The van der Waals surface area contributed by atoms with Crippen LogP contribution in [0, 0.1) is 41.2 Å². The van der Waals surface area contributed by atoms with Gasteiger partial charge in [-0.1, -0.05) is 13.8 Å². The van der Waals surface area contributed by atoms with Gasteiger partial charge in [-0.15, -0.1) is 0 Å². The number of nitro benzene ring substituents is 1. The maximum atomic E-state index is 12.6. The Kier molecular flexibility index (Phi) is 9.17. The monoisotopic (exact) mass is 482 g/mol. The number of nitro groups is 1. The van der Waals surface area contributed by atoms with Gasteiger partial charge in [0.05, 0.1) is 17.7 Å². The highest BCUT2D eigenvalue weighted by Gasteiger charge is 2.23. The van der Waals surface area contributed by atoms with E-state index in [1.807, 2.05) is 26.0 Å². The van der Waals surface area contributed by atoms with E-state index in [0.717, 1.165) is 36.0 Å². The summed E-state index contributed by atoms with van der Waals surface area (Å²) >= 11 is 0. The number of aromatic nitrogens is 1. The van der Waals surface area contributed by atoms with Crippen molar-refractivity contribution in [2.24, 2.45) is 5.92 Å². The Morgan fingerprint density at radius 2 is 1.94 bits per heavy atom. The number of nitrogens with one attached hydrogen (secondary N) is 1. The van der Waals surface area contributed by atoms with Gasteiger partial charge in [-0.25, -0.2) is 4.79 Å². The summed E-state index contributed by atoms with van der Waals surface area (Å²) in [7, 11) is 1.35. The summed E-state index contributed by atoms with van der Waals surface area (Å²) < 4.78 is 12.4. The molecule has 0 fully saturated rings. The number of nitriles is 1. The van der Waals surface area contributed by atoms with Crippen LogP contribution < -0.4 is 10.1 Å². The second kappa shape index (κ2) is 11.8. The zero-order valence-electron chi connectivity index (χ0n) is 20.7. The van der Waals surface area contributed by atoms with E-state index in [0.29, 0.717) is 5.92 Å². The topological polar surface area (TPSA) is 136 Å². The van der Waals surface area contributed by atoms with Crippen LogP contribution in [0.5, 0.6) is 5.75 Å². The number of anilines is 1. The van der Waals surface area contributed by atoms with Crippen molar-refractivity contribution in [1.82, 2.24) is 4.57 Å². The predicted octanol–water partition coefficient (Wildman–Crippen LogP) is 4.55. The van der Waals surface area contributed by atoms with Crippen molar-refractivity contribution in [2.75, 3.05) is 12.4 Å².